The Morgan fingerprint density at radius 3 is 2.29 bits per heavy atom. The maximum atomic E-state index is 13.4. The third kappa shape index (κ3) is 3.93. The molecule has 4 bridgehead atoms. The van der Waals surface area contributed by atoms with Gasteiger partial charge in [-0.2, -0.15) is 0 Å². The number of anilines is 4. The number of nitrogens with zero attached hydrogens (tertiary/aromatic N) is 1. The van der Waals surface area contributed by atoms with Crippen LogP contribution in [0.4, 0.5) is 22.7 Å². The molecule has 34 heavy (non-hydrogen) atoms. The van der Waals surface area contributed by atoms with Gasteiger partial charge in [-0.3, -0.25) is 9.59 Å². The zero-order valence-electron chi connectivity index (χ0n) is 19.8. The van der Waals surface area contributed by atoms with Crippen LogP contribution in [0, 0.1) is 17.8 Å². The molecule has 6 heteroatoms. The van der Waals surface area contributed by atoms with Gasteiger partial charge in [0.1, 0.15) is 0 Å². The maximum Gasteiger partial charge on any atom is 0.246 e. The molecule has 6 nitrogen and oxygen atoms in total. The summed E-state index contributed by atoms with van der Waals surface area (Å²) in [4.78, 5) is 27.5. The quantitative estimate of drug-likeness (QED) is 0.573. The monoisotopic (exact) mass is 458 g/mol. The average molecular weight is 459 g/mol. The molecule has 2 aromatic carbocycles. The Morgan fingerprint density at radius 1 is 0.971 bits per heavy atom. The first kappa shape index (κ1) is 21.5. The number of hydrogen-bond acceptors (Lipinski definition) is 4. The van der Waals surface area contributed by atoms with Crippen molar-refractivity contribution in [3.05, 3.63) is 48.5 Å². The van der Waals surface area contributed by atoms with Gasteiger partial charge < -0.3 is 20.9 Å². The van der Waals surface area contributed by atoms with Crippen LogP contribution in [-0.2, 0) is 9.59 Å². The van der Waals surface area contributed by atoms with Crippen LogP contribution >= 0.6 is 0 Å². The first-order chi connectivity index (χ1) is 16.5. The zero-order valence-corrected chi connectivity index (χ0v) is 19.8. The molecule has 5 aliphatic rings. The summed E-state index contributed by atoms with van der Waals surface area (Å²) in [6.45, 7) is 2.11. The van der Waals surface area contributed by atoms with E-state index >= 15 is 0 Å². The molecule has 0 aromatic heterocycles. The van der Waals surface area contributed by atoms with Gasteiger partial charge >= 0.3 is 0 Å². The van der Waals surface area contributed by atoms with Crippen molar-refractivity contribution in [1.29, 1.82) is 0 Å². The summed E-state index contributed by atoms with van der Waals surface area (Å²) in [7, 11) is 0. The maximum absolute atomic E-state index is 13.4. The molecule has 0 saturated heterocycles. The third-order valence-electron chi connectivity index (χ3n) is 8.42. The second-order valence-electron chi connectivity index (χ2n) is 11.1. The molecule has 2 amide bonds. The predicted molar refractivity (Wildman–Crippen MR) is 136 cm³/mol. The van der Waals surface area contributed by atoms with Gasteiger partial charge in [0.25, 0.3) is 0 Å². The van der Waals surface area contributed by atoms with E-state index < -0.39 is 0 Å². The molecule has 1 atom stereocenters. The Kier molecular flexibility index (Phi) is 5.27. The number of benzene rings is 2. The van der Waals surface area contributed by atoms with Gasteiger partial charge in [0, 0.05) is 18.0 Å². The van der Waals surface area contributed by atoms with E-state index in [0.29, 0.717) is 5.69 Å². The van der Waals surface area contributed by atoms with Crippen molar-refractivity contribution in [3.8, 4) is 0 Å². The fraction of sp³-hybridized carbons (Fsp3) is 0.500. The van der Waals surface area contributed by atoms with Crippen molar-refractivity contribution in [2.75, 3.05) is 27.4 Å². The van der Waals surface area contributed by atoms with Crippen molar-refractivity contribution in [2.45, 2.75) is 63.5 Å². The Labute approximate surface area is 201 Å². The molecule has 1 heterocycles. The summed E-state index contributed by atoms with van der Waals surface area (Å²) in [5.74, 6) is 2.53. The van der Waals surface area contributed by atoms with E-state index in [-0.39, 0.29) is 36.4 Å². The number of amides is 2. The minimum absolute atomic E-state index is 0.0407. The Balaban J connectivity index is 1.19. The van der Waals surface area contributed by atoms with E-state index in [4.69, 9.17) is 0 Å². The van der Waals surface area contributed by atoms with E-state index in [2.05, 4.69) is 34.1 Å². The molecule has 0 spiro atoms. The summed E-state index contributed by atoms with van der Waals surface area (Å²) in [6.07, 6.45) is 8.36. The predicted octanol–water partition coefficient (Wildman–Crippen LogP) is 5.24. The largest absolute Gasteiger partial charge is 0.378 e. The highest BCUT2D eigenvalue weighted by Gasteiger charge is 2.51. The number of hydrogen-bond donors (Lipinski definition) is 3. The fourth-order valence-corrected chi connectivity index (χ4v) is 7.52. The second kappa shape index (κ2) is 8.33. The van der Waals surface area contributed by atoms with Crippen LogP contribution < -0.4 is 20.9 Å². The lowest BCUT2D eigenvalue weighted by atomic mass is 9.53. The smallest absolute Gasteiger partial charge is 0.246 e. The van der Waals surface area contributed by atoms with Crippen molar-refractivity contribution in [2.24, 2.45) is 17.8 Å². The highest BCUT2D eigenvalue weighted by atomic mass is 16.2. The van der Waals surface area contributed by atoms with Gasteiger partial charge in [-0.15, -0.1) is 0 Å². The molecule has 1 unspecified atom stereocenters. The summed E-state index contributed by atoms with van der Waals surface area (Å²) < 4.78 is 0. The molecule has 0 radical (unpaired) electrons. The molecular formula is C28H34N4O2. The fourth-order valence-electron chi connectivity index (χ4n) is 7.52. The summed E-state index contributed by atoms with van der Waals surface area (Å²) in [5, 5.41) is 10.3. The summed E-state index contributed by atoms with van der Waals surface area (Å²) >= 11 is 0. The standard InChI is InChI=1S/C28H34N4O2/c1-18-10-26(33)30-24-8-4-5-9-25(24)32(18)27(34)17-29-22-6-2-3-7-23(22)31-28-14-19-11-20(15-28)13-21(12-19)16-28/h2-9,18-21,29,31H,10-17H2,1H3,(H,30,33). The Hall–Kier alpha value is -3.02. The van der Waals surface area contributed by atoms with Crippen molar-refractivity contribution in [1.82, 2.24) is 0 Å². The summed E-state index contributed by atoms with van der Waals surface area (Å²) in [5.41, 5.74) is 3.72. The van der Waals surface area contributed by atoms with Gasteiger partial charge in [0.15, 0.2) is 0 Å². The average Bonchev–Trinajstić information content (AvgIpc) is 2.91. The van der Waals surface area contributed by atoms with E-state index in [0.717, 1.165) is 34.8 Å². The van der Waals surface area contributed by atoms with Crippen LogP contribution in [0.25, 0.3) is 0 Å². The number of carbonyl (C=O) groups is 2. The highest BCUT2D eigenvalue weighted by molar-refractivity contribution is 6.05. The molecule has 4 saturated carbocycles. The number of nitrogens with one attached hydrogen (secondary N) is 3. The molecule has 178 valence electrons. The van der Waals surface area contributed by atoms with Crippen molar-refractivity contribution >= 4 is 34.6 Å². The highest BCUT2D eigenvalue weighted by Crippen LogP contribution is 2.56. The van der Waals surface area contributed by atoms with Crippen molar-refractivity contribution in [3.63, 3.8) is 0 Å². The van der Waals surface area contributed by atoms with E-state index in [9.17, 15) is 9.59 Å². The molecule has 2 aromatic rings. The van der Waals surface area contributed by atoms with Gasteiger partial charge in [-0.05, 0) is 87.5 Å². The zero-order chi connectivity index (χ0) is 23.3. The van der Waals surface area contributed by atoms with Gasteiger partial charge in [0.05, 0.1) is 29.3 Å². The van der Waals surface area contributed by atoms with Crippen LogP contribution in [0.2, 0.25) is 0 Å². The number of rotatable bonds is 5. The number of para-hydroxylation sites is 4. The van der Waals surface area contributed by atoms with Crippen LogP contribution in [-0.4, -0.2) is 29.9 Å². The van der Waals surface area contributed by atoms with Crippen LogP contribution in [0.5, 0.6) is 0 Å². The first-order valence-electron chi connectivity index (χ1n) is 12.8. The SMILES string of the molecule is CC1CC(=O)Nc2ccccc2N1C(=O)CNc1ccccc1NC12CC3CC(CC(C3)C1)C2. The van der Waals surface area contributed by atoms with E-state index in [1.807, 2.05) is 37.3 Å². The topological polar surface area (TPSA) is 73.5 Å². The molecule has 3 N–H and O–H groups in total. The van der Waals surface area contributed by atoms with Crippen LogP contribution in [0.1, 0.15) is 51.9 Å². The molecule has 4 fully saturated rings. The second-order valence-corrected chi connectivity index (χ2v) is 11.1. The summed E-state index contributed by atoms with van der Waals surface area (Å²) in [6, 6.07) is 15.6. The number of fused-ring (bicyclic) bond motifs is 1. The van der Waals surface area contributed by atoms with Crippen molar-refractivity contribution < 1.29 is 9.59 Å². The molecule has 7 rings (SSSR count). The lowest BCUT2D eigenvalue weighted by molar-refractivity contribution is -0.118. The minimum atomic E-state index is -0.210. The Morgan fingerprint density at radius 2 is 1.59 bits per heavy atom. The van der Waals surface area contributed by atoms with Gasteiger partial charge in [-0.25, -0.2) is 0 Å². The minimum Gasteiger partial charge on any atom is -0.378 e. The molecule has 1 aliphatic heterocycles. The van der Waals surface area contributed by atoms with Gasteiger partial charge in [-0.1, -0.05) is 24.3 Å². The number of carbonyl (C=O) groups excluding carboxylic acids is 2. The van der Waals surface area contributed by atoms with Crippen LogP contribution in [0.3, 0.4) is 0 Å². The van der Waals surface area contributed by atoms with Gasteiger partial charge in [0.2, 0.25) is 11.8 Å². The normalized spacial score (nSPS) is 31.4. The molecular weight excluding hydrogens is 424 g/mol. The third-order valence-corrected chi connectivity index (χ3v) is 8.42. The molecule has 4 aliphatic carbocycles. The lowest BCUT2D eigenvalue weighted by Crippen LogP contribution is -2.54. The van der Waals surface area contributed by atoms with E-state index in [1.54, 1.807) is 4.90 Å². The first-order valence-corrected chi connectivity index (χ1v) is 12.8. The lowest BCUT2D eigenvalue weighted by Gasteiger charge is -2.57. The Bertz CT molecular complexity index is 1080. The van der Waals surface area contributed by atoms with E-state index in [1.165, 1.54) is 38.5 Å². The van der Waals surface area contributed by atoms with Crippen LogP contribution in [0.15, 0.2) is 48.5 Å².